The highest BCUT2D eigenvalue weighted by atomic mass is 16.7. The van der Waals surface area contributed by atoms with Crippen molar-refractivity contribution in [2.24, 2.45) is 70.0 Å². The summed E-state index contributed by atoms with van der Waals surface area (Å²) in [6, 6.07) is -2.27. The highest BCUT2D eigenvalue weighted by Crippen LogP contribution is 2.67. The molecule has 4 saturated carbocycles. The number of allylic oxidation sites excluding steroid dienone is 4. The van der Waals surface area contributed by atoms with Gasteiger partial charge in [0.05, 0.1) is 134 Å². The lowest BCUT2D eigenvalue weighted by Gasteiger charge is -2.49. The van der Waals surface area contributed by atoms with Gasteiger partial charge in [0.25, 0.3) is 11.8 Å². The van der Waals surface area contributed by atoms with Crippen LogP contribution in [0.25, 0.3) is 0 Å². The van der Waals surface area contributed by atoms with Gasteiger partial charge in [-0.15, -0.1) is 5.06 Å². The number of likely N-dealkylation sites (tertiary alicyclic amines) is 1. The first kappa shape index (κ1) is 94.3. The van der Waals surface area contributed by atoms with Gasteiger partial charge < -0.3 is 113 Å². The maximum atomic E-state index is 14.7. The molecule has 7 amide bonds. The summed E-state index contributed by atoms with van der Waals surface area (Å²) in [7, 11) is 6.19. The van der Waals surface area contributed by atoms with Crippen molar-refractivity contribution in [1.29, 1.82) is 0 Å². The molecule has 2 unspecified atom stereocenters. The number of carbonyl (C=O) groups is 8. The second-order valence-electron chi connectivity index (χ2n) is 36.0. The minimum atomic E-state index is -1.49. The lowest BCUT2D eigenvalue weighted by Crippen LogP contribution is -2.61. The number of aliphatic hydroxyl groups excluding tert-OH is 2. The third kappa shape index (κ3) is 21.9. The maximum Gasteiger partial charge on any atom is 0.407 e. The number of hydrogen-bond donors (Lipinski definition) is 7. The fourth-order valence-electron chi connectivity index (χ4n) is 22.7. The van der Waals surface area contributed by atoms with Gasteiger partial charge in [0, 0.05) is 65.7 Å². The molecule has 32 heteroatoms. The van der Waals surface area contributed by atoms with Crippen molar-refractivity contribution in [1.82, 2.24) is 36.5 Å². The number of rotatable bonds is 33. The van der Waals surface area contributed by atoms with E-state index in [1.165, 1.54) is 63.9 Å². The van der Waals surface area contributed by atoms with E-state index in [1.54, 1.807) is 36.5 Å². The number of carbonyl (C=O) groups excluding carboxylic acids is 8. The van der Waals surface area contributed by atoms with Gasteiger partial charge in [-0.1, -0.05) is 76.0 Å². The Kier molecular flexibility index (Phi) is 34.2. The van der Waals surface area contributed by atoms with Crippen LogP contribution in [0.3, 0.4) is 0 Å². The van der Waals surface area contributed by atoms with Crippen molar-refractivity contribution in [2.45, 2.75) is 231 Å². The molecule has 120 heavy (non-hydrogen) atoms. The SMILES string of the molecule is CC1=C2C[C@H]3[C@@H](CC=C4C[C@@H](O)CC[C@@]43C)[C@@H]2CC[C@]12O[C@@H]1C[C@H](C)CN[C@H]1[C@H]2C.COCCOCCOC(=O)NCC(NC(=O)OCCOCCOC)C(=O)N1C[C@@H](C)C[C@H]2O[C@]3(CC[C@@H]4C(=C3C)C[C@H]3[C@H]4CC=C4C[C@@H](O)CC[C@@]43C)[C@H](C)[C@@H]21.COCCOCCOC(=O)NCC(NC(=O)OCCOCCOC)C(=O)ON1C(=O)CCC1=O. The molecule has 13 rings (SSSR count). The number of aliphatic hydroxyl groups is 2. The Hall–Kier alpha value is -6.40. The maximum absolute atomic E-state index is 14.7. The topological polar surface area (TPSA) is 382 Å². The Balaban J connectivity index is 0.000000188. The van der Waals surface area contributed by atoms with Crippen LogP contribution in [0.2, 0.25) is 0 Å². The summed E-state index contributed by atoms with van der Waals surface area (Å²) in [5.41, 5.74) is 9.28. The van der Waals surface area contributed by atoms with Gasteiger partial charge in [0.1, 0.15) is 38.5 Å². The molecule has 0 aromatic heterocycles. The van der Waals surface area contributed by atoms with Crippen molar-refractivity contribution in [3.63, 3.8) is 0 Å². The average molecular weight is 1700 g/mol. The monoisotopic (exact) mass is 1690 g/mol. The van der Waals surface area contributed by atoms with Crippen LogP contribution in [-0.4, -0.2) is 288 Å². The molecule has 7 N–H and O–H groups in total. The third-order valence-electron chi connectivity index (χ3n) is 29.0. The van der Waals surface area contributed by atoms with E-state index >= 15 is 0 Å². The Morgan fingerprint density at radius 1 is 0.525 bits per heavy atom. The van der Waals surface area contributed by atoms with E-state index in [9.17, 15) is 48.6 Å². The molecule has 2 spiro atoms. The summed E-state index contributed by atoms with van der Waals surface area (Å²) in [5, 5.41) is 34.8. The smallest absolute Gasteiger partial charge is 0.407 e. The molecule has 8 aliphatic carbocycles. The number of ether oxygens (including phenoxy) is 14. The van der Waals surface area contributed by atoms with E-state index in [0.29, 0.717) is 106 Å². The molecule has 9 fully saturated rings. The second-order valence-corrected chi connectivity index (χ2v) is 36.0. The number of nitrogens with zero attached hydrogens (tertiary/aromatic N) is 2. The number of amides is 7. The summed E-state index contributed by atoms with van der Waals surface area (Å²) < 4.78 is 75.3. The second kappa shape index (κ2) is 43.5. The van der Waals surface area contributed by atoms with E-state index in [1.807, 2.05) is 4.90 Å². The molecule has 5 heterocycles. The van der Waals surface area contributed by atoms with Crippen molar-refractivity contribution < 1.29 is 120 Å². The Bertz CT molecular complexity index is 3620. The first-order valence-corrected chi connectivity index (χ1v) is 44.2. The zero-order valence-electron chi connectivity index (χ0n) is 73.1. The van der Waals surface area contributed by atoms with Gasteiger partial charge >= 0.3 is 30.3 Å². The molecule has 5 saturated heterocycles. The molecule has 5 aliphatic heterocycles. The van der Waals surface area contributed by atoms with E-state index in [2.05, 4.69) is 94.1 Å². The fraction of sp³-hybridized carbons (Fsp3) is 0.818. The predicted molar refractivity (Wildman–Crippen MR) is 437 cm³/mol. The highest BCUT2D eigenvalue weighted by Gasteiger charge is 2.64. The standard InChI is InChI=1S/C42H67N3O11.C27H41NO2.C19H31N3O12/c1-26-21-36-37(28(3)42(56-36)12-10-31-32-8-7-29-22-30(46)9-11-41(29,4)34(32)23-33(31)27(42)2)45(25-26)38(47)35(44-40(49)55-20-18-53-16-14-51-6)24-43-39(48)54-19-17-52-15-13-50-5;1-15-11-24-25(28-14-15)17(3)27(30-24)10-8-20-21-6-5-18-12-19(29)7-9-26(18,4)23(21)13-22(20)16(27)2;1-28-5-7-30-9-11-32-18(26)20-13-14(17(25)34-22-15(23)3-4-16(22)24)21-19(27)33-12-10-31-8-6-29-2/h7,26,28,30-32,34-37,46H,8-25H2,1-6H3,(H,43,48)(H,44,49);5,15,17,19-21,23-25,28-29H,6-14H2,1-4H3;14H,3-13H2,1-2H3,(H,20,26)(H,21,27)/t26-,28+,30-,31-,32-,34-,35?,36+,37-,41-,42-;15-,17+,19-,20-,21-,23-,24+,25-,26-,27-;/m00./s1. The van der Waals surface area contributed by atoms with Gasteiger partial charge in [-0.3, -0.25) is 14.4 Å². The van der Waals surface area contributed by atoms with Gasteiger partial charge in [0.2, 0.25) is 5.91 Å². The van der Waals surface area contributed by atoms with Crippen LogP contribution >= 0.6 is 0 Å². The summed E-state index contributed by atoms with van der Waals surface area (Å²) in [5.74, 6) is 2.69. The zero-order valence-corrected chi connectivity index (χ0v) is 73.1. The molecule has 22 atom stereocenters. The molecular weight excluding hydrogens is 1550 g/mol. The van der Waals surface area contributed by atoms with Crippen LogP contribution in [0.5, 0.6) is 0 Å². The van der Waals surface area contributed by atoms with Crippen molar-refractivity contribution >= 4 is 48.1 Å². The van der Waals surface area contributed by atoms with Crippen LogP contribution < -0.4 is 26.6 Å². The highest BCUT2D eigenvalue weighted by molar-refractivity contribution is 6.02. The number of fused-ring (bicyclic) bond motifs is 12. The zero-order chi connectivity index (χ0) is 86.1. The molecule has 0 aromatic carbocycles. The van der Waals surface area contributed by atoms with Gasteiger partial charge in [-0.25, -0.2) is 24.0 Å². The summed E-state index contributed by atoms with van der Waals surface area (Å²) in [4.78, 5) is 107. The normalized spacial score (nSPS) is 34.1. The van der Waals surface area contributed by atoms with Crippen LogP contribution in [0.1, 0.15) is 171 Å². The van der Waals surface area contributed by atoms with Crippen LogP contribution in [-0.2, 0) is 90.3 Å². The Morgan fingerprint density at radius 3 is 1.41 bits per heavy atom. The van der Waals surface area contributed by atoms with E-state index < -0.39 is 66.4 Å². The summed E-state index contributed by atoms with van der Waals surface area (Å²) in [6.07, 6.45) is 18.3. The average Bonchev–Trinajstić information content (AvgIpc) is 1.55. The molecule has 0 radical (unpaired) electrons. The summed E-state index contributed by atoms with van der Waals surface area (Å²) in [6.45, 7) is 23.3. The van der Waals surface area contributed by atoms with Crippen LogP contribution in [0.15, 0.2) is 45.6 Å². The van der Waals surface area contributed by atoms with E-state index in [-0.39, 0.29) is 125 Å². The van der Waals surface area contributed by atoms with E-state index in [4.69, 9.17) is 71.2 Å². The minimum Gasteiger partial charge on any atom is -0.447 e. The number of alkyl carbamates (subject to hydrolysis) is 4. The first-order chi connectivity index (χ1) is 57.6. The molecule has 32 nitrogen and oxygen atoms in total. The van der Waals surface area contributed by atoms with Crippen LogP contribution in [0.4, 0.5) is 19.2 Å². The van der Waals surface area contributed by atoms with Crippen molar-refractivity contribution in [3.8, 4) is 0 Å². The molecule has 676 valence electrons. The number of hydroxylamine groups is 2. The van der Waals surface area contributed by atoms with Gasteiger partial charge in [0.15, 0.2) is 0 Å². The van der Waals surface area contributed by atoms with Crippen LogP contribution in [0, 0.1) is 70.0 Å². The minimum absolute atomic E-state index is 0.0109. The number of imide groups is 1. The summed E-state index contributed by atoms with van der Waals surface area (Å²) >= 11 is 0. The van der Waals surface area contributed by atoms with Gasteiger partial charge in [-0.05, 0) is 192 Å². The third-order valence-corrected chi connectivity index (χ3v) is 29.0. The Labute approximate surface area is 707 Å². The Morgan fingerprint density at radius 2 is 0.942 bits per heavy atom. The molecule has 0 aromatic rings. The number of hydrogen-bond acceptors (Lipinski definition) is 26. The molecule has 13 aliphatic rings. The lowest BCUT2D eigenvalue weighted by atomic mass is 9.56. The van der Waals surface area contributed by atoms with Crippen molar-refractivity contribution in [2.75, 3.05) is 160 Å². The number of piperidine rings is 2. The van der Waals surface area contributed by atoms with Crippen molar-refractivity contribution in [3.05, 3.63) is 45.6 Å². The van der Waals surface area contributed by atoms with E-state index in [0.717, 1.165) is 94.4 Å². The predicted octanol–water partition coefficient (Wildman–Crippen LogP) is 8.13. The molecule has 0 bridgehead atoms. The molecular formula is C88H139N7O25. The number of methoxy groups -OCH3 is 4. The quantitative estimate of drug-likeness (QED) is 0.0141. The fourth-order valence-corrected chi connectivity index (χ4v) is 22.7. The lowest BCUT2D eigenvalue weighted by molar-refractivity contribution is -0.198. The number of nitrogens with one attached hydrogen (secondary N) is 5. The largest absolute Gasteiger partial charge is 0.447 e. The van der Waals surface area contributed by atoms with Gasteiger partial charge in [-0.2, -0.15) is 0 Å². The first-order valence-electron chi connectivity index (χ1n) is 44.2.